The van der Waals surface area contributed by atoms with Crippen molar-refractivity contribution in [2.24, 2.45) is 19.2 Å². The molecule has 0 saturated heterocycles. The normalized spacial score (nSPS) is 11.0. The maximum atomic E-state index is 11.8. The van der Waals surface area contributed by atoms with Gasteiger partial charge in [-0.3, -0.25) is 4.79 Å². The molecule has 0 unspecified atom stereocenters. The molecule has 6 nitrogen and oxygen atoms in total. The van der Waals surface area contributed by atoms with Crippen LogP contribution in [0.1, 0.15) is 16.8 Å². The molecule has 0 saturated carbocycles. The molecule has 0 aliphatic carbocycles. The maximum absolute atomic E-state index is 11.8. The van der Waals surface area contributed by atoms with Crippen molar-refractivity contribution in [1.29, 1.82) is 0 Å². The lowest BCUT2D eigenvalue weighted by molar-refractivity contribution is -0.123. The van der Waals surface area contributed by atoms with Crippen molar-refractivity contribution in [3.63, 3.8) is 0 Å². The van der Waals surface area contributed by atoms with Gasteiger partial charge in [-0.25, -0.2) is 5.43 Å². The van der Waals surface area contributed by atoms with Gasteiger partial charge >= 0.3 is 0 Å². The zero-order valence-corrected chi connectivity index (χ0v) is 14.5. The third kappa shape index (κ3) is 4.53. The van der Waals surface area contributed by atoms with Gasteiger partial charge < -0.3 is 13.9 Å². The Kier molecular flexibility index (Phi) is 5.33. The van der Waals surface area contributed by atoms with Crippen LogP contribution in [0.4, 0.5) is 0 Å². The number of aryl methyl sites for hydroxylation is 3. The molecular weight excluding hydrogens is 312 g/mol. The van der Waals surface area contributed by atoms with Crippen LogP contribution in [0.2, 0.25) is 0 Å². The number of imidazole rings is 1. The van der Waals surface area contributed by atoms with Crippen LogP contribution in [0.5, 0.6) is 5.75 Å². The lowest BCUT2D eigenvalue weighted by atomic mass is 10.1. The predicted octanol–water partition coefficient (Wildman–Crippen LogP) is 2.24. The summed E-state index contributed by atoms with van der Waals surface area (Å²) in [5.41, 5.74) is 5.42. The van der Waals surface area contributed by atoms with Gasteiger partial charge in [0, 0.05) is 20.3 Å². The third-order valence-electron chi connectivity index (χ3n) is 3.25. The van der Waals surface area contributed by atoms with Crippen LogP contribution in [0, 0.1) is 18.6 Å². The average molecular weight is 332 g/mol. The minimum absolute atomic E-state index is 0.0898. The van der Waals surface area contributed by atoms with Crippen molar-refractivity contribution < 1.29 is 9.53 Å². The van der Waals surface area contributed by atoms with Gasteiger partial charge in [0.2, 0.25) is 0 Å². The number of ether oxygens (including phenoxy) is 1. The van der Waals surface area contributed by atoms with E-state index >= 15 is 0 Å². The van der Waals surface area contributed by atoms with Gasteiger partial charge in [0.1, 0.15) is 5.75 Å². The number of aromatic nitrogens is 2. The molecule has 1 N–H and O–H groups in total. The van der Waals surface area contributed by atoms with E-state index in [1.807, 2.05) is 56.9 Å². The SMILES string of the molecule is Cc1cc(C)cc(OCC(=O)N/N=C/c2cn(C)c(=S)n2C)c1. The highest BCUT2D eigenvalue weighted by atomic mass is 32.1. The first-order valence-electron chi connectivity index (χ1n) is 7.12. The first-order chi connectivity index (χ1) is 10.9. The lowest BCUT2D eigenvalue weighted by Gasteiger charge is -2.07. The highest BCUT2D eigenvalue weighted by molar-refractivity contribution is 7.71. The standard InChI is InChI=1S/C16H20N4O2S/c1-11-5-12(2)7-14(6-11)22-10-15(21)18-17-8-13-9-19(3)16(23)20(13)4/h5-9H,10H2,1-4H3,(H,18,21)/b17-8+. The summed E-state index contributed by atoms with van der Waals surface area (Å²) >= 11 is 5.19. The van der Waals surface area contributed by atoms with Gasteiger partial charge in [0.05, 0.1) is 11.9 Å². The van der Waals surface area contributed by atoms with Gasteiger partial charge in [-0.05, 0) is 49.3 Å². The molecule has 2 rings (SSSR count). The van der Waals surface area contributed by atoms with Crippen molar-refractivity contribution in [1.82, 2.24) is 14.6 Å². The number of carbonyl (C=O) groups is 1. The van der Waals surface area contributed by atoms with E-state index in [1.165, 1.54) is 0 Å². The van der Waals surface area contributed by atoms with E-state index in [1.54, 1.807) is 10.8 Å². The van der Waals surface area contributed by atoms with Crippen molar-refractivity contribution >= 4 is 24.3 Å². The summed E-state index contributed by atoms with van der Waals surface area (Å²) in [7, 11) is 3.70. The summed E-state index contributed by atoms with van der Waals surface area (Å²) in [6, 6.07) is 5.82. The van der Waals surface area contributed by atoms with Crippen LogP contribution in [0.3, 0.4) is 0 Å². The lowest BCUT2D eigenvalue weighted by Crippen LogP contribution is -2.24. The van der Waals surface area contributed by atoms with E-state index < -0.39 is 0 Å². The second kappa shape index (κ2) is 7.23. The number of hydrogen-bond acceptors (Lipinski definition) is 4. The fourth-order valence-electron chi connectivity index (χ4n) is 2.18. The molecule has 1 heterocycles. The van der Waals surface area contributed by atoms with Gasteiger partial charge in [-0.2, -0.15) is 5.10 Å². The first-order valence-corrected chi connectivity index (χ1v) is 7.53. The number of nitrogens with one attached hydrogen (secondary N) is 1. The molecule has 2 aromatic rings. The zero-order chi connectivity index (χ0) is 17.0. The Labute approximate surface area is 140 Å². The molecule has 1 aromatic carbocycles. The second-order valence-electron chi connectivity index (χ2n) is 5.41. The summed E-state index contributed by atoms with van der Waals surface area (Å²) in [4.78, 5) is 11.8. The molecular formula is C16H20N4O2S. The summed E-state index contributed by atoms with van der Waals surface area (Å²) < 4.78 is 9.75. The topological polar surface area (TPSA) is 60.5 Å². The molecule has 0 atom stereocenters. The molecule has 0 spiro atoms. The van der Waals surface area contributed by atoms with Crippen LogP contribution in [0.15, 0.2) is 29.5 Å². The van der Waals surface area contributed by atoms with E-state index in [-0.39, 0.29) is 12.5 Å². The number of amides is 1. The van der Waals surface area contributed by atoms with Gasteiger partial charge in [0.15, 0.2) is 11.4 Å². The van der Waals surface area contributed by atoms with E-state index in [0.29, 0.717) is 10.5 Å². The quantitative estimate of drug-likeness (QED) is 0.519. The molecule has 122 valence electrons. The van der Waals surface area contributed by atoms with Crippen LogP contribution < -0.4 is 10.2 Å². The van der Waals surface area contributed by atoms with Crippen LogP contribution >= 0.6 is 12.2 Å². The monoisotopic (exact) mass is 332 g/mol. The fourth-order valence-corrected chi connectivity index (χ4v) is 2.33. The molecule has 0 bridgehead atoms. The smallest absolute Gasteiger partial charge is 0.277 e. The van der Waals surface area contributed by atoms with Crippen LogP contribution in [-0.4, -0.2) is 27.9 Å². The van der Waals surface area contributed by atoms with Crippen LogP contribution in [-0.2, 0) is 18.9 Å². The number of hydrazone groups is 1. The molecule has 0 aliphatic heterocycles. The Balaban J connectivity index is 1.88. The van der Waals surface area contributed by atoms with Crippen molar-refractivity contribution in [3.8, 4) is 5.75 Å². The molecule has 0 fully saturated rings. The van der Waals surface area contributed by atoms with E-state index in [9.17, 15) is 4.79 Å². The highest BCUT2D eigenvalue weighted by Gasteiger charge is 2.03. The van der Waals surface area contributed by atoms with Gasteiger partial charge in [-0.15, -0.1) is 0 Å². The number of hydrogen-bond donors (Lipinski definition) is 1. The first kappa shape index (κ1) is 17.0. The zero-order valence-electron chi connectivity index (χ0n) is 13.7. The molecule has 23 heavy (non-hydrogen) atoms. The van der Waals surface area contributed by atoms with E-state index in [2.05, 4.69) is 10.5 Å². The molecule has 1 amide bonds. The Morgan fingerprint density at radius 1 is 1.30 bits per heavy atom. The highest BCUT2D eigenvalue weighted by Crippen LogP contribution is 2.15. The minimum atomic E-state index is -0.322. The average Bonchev–Trinajstić information content (AvgIpc) is 2.72. The summed E-state index contributed by atoms with van der Waals surface area (Å²) in [5.74, 6) is 0.351. The summed E-state index contributed by atoms with van der Waals surface area (Å²) in [5, 5.41) is 3.92. The summed E-state index contributed by atoms with van der Waals surface area (Å²) in [6.07, 6.45) is 3.38. The van der Waals surface area contributed by atoms with Crippen molar-refractivity contribution in [2.75, 3.05) is 6.61 Å². The Morgan fingerprint density at radius 3 is 2.52 bits per heavy atom. The third-order valence-corrected chi connectivity index (χ3v) is 3.81. The fraction of sp³-hybridized carbons (Fsp3) is 0.312. The Morgan fingerprint density at radius 2 is 1.96 bits per heavy atom. The van der Waals surface area contributed by atoms with Crippen molar-refractivity contribution in [2.45, 2.75) is 13.8 Å². The Hall–Kier alpha value is -2.41. The molecule has 0 aliphatic rings. The molecule has 1 aromatic heterocycles. The minimum Gasteiger partial charge on any atom is -0.484 e. The van der Waals surface area contributed by atoms with E-state index in [4.69, 9.17) is 17.0 Å². The number of carbonyl (C=O) groups excluding carboxylic acids is 1. The molecule has 0 radical (unpaired) electrons. The number of rotatable bonds is 5. The van der Waals surface area contributed by atoms with Crippen molar-refractivity contribution in [3.05, 3.63) is 46.0 Å². The number of nitrogens with zero attached hydrogens (tertiary/aromatic N) is 3. The second-order valence-corrected chi connectivity index (χ2v) is 5.78. The maximum Gasteiger partial charge on any atom is 0.277 e. The van der Waals surface area contributed by atoms with E-state index in [0.717, 1.165) is 16.8 Å². The summed E-state index contributed by atoms with van der Waals surface area (Å²) in [6.45, 7) is 3.88. The Bertz CT molecular complexity index is 785. The number of benzene rings is 1. The van der Waals surface area contributed by atoms with Gasteiger partial charge in [-0.1, -0.05) is 6.07 Å². The predicted molar refractivity (Wildman–Crippen MR) is 92.4 cm³/mol. The van der Waals surface area contributed by atoms with Gasteiger partial charge in [0.25, 0.3) is 5.91 Å². The largest absolute Gasteiger partial charge is 0.484 e. The molecule has 7 heteroatoms. The van der Waals surface area contributed by atoms with Crippen LogP contribution in [0.25, 0.3) is 0 Å².